The highest BCUT2D eigenvalue weighted by atomic mass is 19.2. The highest BCUT2D eigenvalue weighted by Crippen LogP contribution is 2.62. The van der Waals surface area contributed by atoms with Gasteiger partial charge in [0.15, 0.2) is 23.6 Å². The van der Waals surface area contributed by atoms with Crippen molar-refractivity contribution in [3.05, 3.63) is 29.6 Å². The summed E-state index contributed by atoms with van der Waals surface area (Å²) in [4.78, 5) is 24.7. The molecule has 0 aliphatic heterocycles. The van der Waals surface area contributed by atoms with Gasteiger partial charge in [0.05, 0.1) is 17.7 Å². The van der Waals surface area contributed by atoms with Crippen molar-refractivity contribution in [1.29, 1.82) is 0 Å². The molecule has 0 aromatic heterocycles. The maximum absolute atomic E-state index is 13.7. The fourth-order valence-electron chi connectivity index (χ4n) is 6.06. The van der Waals surface area contributed by atoms with Crippen molar-refractivity contribution in [2.45, 2.75) is 63.6 Å². The smallest absolute Gasteiger partial charge is 0.307 e. The summed E-state index contributed by atoms with van der Waals surface area (Å²) < 4.78 is 45.2. The van der Waals surface area contributed by atoms with Crippen LogP contribution < -0.4 is 5.32 Å². The minimum atomic E-state index is -1.69. The summed E-state index contributed by atoms with van der Waals surface area (Å²) in [7, 11) is 0. The van der Waals surface area contributed by atoms with E-state index in [1.165, 1.54) is 6.92 Å². The van der Waals surface area contributed by atoms with E-state index in [0.717, 1.165) is 38.2 Å². The predicted octanol–water partition coefficient (Wildman–Crippen LogP) is 3.70. The monoisotopic (exact) mass is 411 g/mol. The van der Waals surface area contributed by atoms with Crippen LogP contribution >= 0.6 is 0 Å². The second kappa shape index (κ2) is 7.00. The summed E-state index contributed by atoms with van der Waals surface area (Å²) in [6.07, 6.45) is 3.90. The lowest BCUT2D eigenvalue weighted by atomic mass is 9.47. The molecule has 0 saturated heterocycles. The van der Waals surface area contributed by atoms with Crippen LogP contribution in [0.2, 0.25) is 0 Å². The molecule has 8 heteroatoms. The third-order valence-corrected chi connectivity index (χ3v) is 6.64. The average molecular weight is 411 g/mol. The van der Waals surface area contributed by atoms with E-state index in [1.54, 1.807) is 0 Å². The SMILES string of the molecule is C[C@H](OC(=O)CC12C[C@@H]3C[C@@H](CC(O)(C3)C1)C2)C(=O)Nc1ccc(F)c(F)c1F. The van der Waals surface area contributed by atoms with Crippen molar-refractivity contribution < 1.29 is 32.6 Å². The number of nitrogens with one attached hydrogen (secondary N) is 1. The Labute approximate surface area is 166 Å². The van der Waals surface area contributed by atoms with E-state index >= 15 is 0 Å². The van der Waals surface area contributed by atoms with E-state index in [0.29, 0.717) is 24.3 Å². The lowest BCUT2D eigenvalue weighted by Gasteiger charge is -2.60. The first-order valence-corrected chi connectivity index (χ1v) is 9.94. The summed E-state index contributed by atoms with van der Waals surface area (Å²) in [6, 6.07) is 1.60. The Bertz CT molecular complexity index is 845. The molecule has 0 radical (unpaired) electrons. The molecular formula is C21H24F3NO4. The molecule has 4 aliphatic rings. The molecular weight excluding hydrogens is 387 g/mol. The van der Waals surface area contributed by atoms with E-state index < -0.39 is 46.7 Å². The third-order valence-electron chi connectivity index (χ3n) is 6.64. The van der Waals surface area contributed by atoms with Crippen LogP contribution in [0.4, 0.5) is 18.9 Å². The van der Waals surface area contributed by atoms with Gasteiger partial charge in [-0.05, 0) is 74.8 Å². The van der Waals surface area contributed by atoms with Crippen molar-refractivity contribution >= 4 is 17.6 Å². The number of rotatable bonds is 5. The molecule has 29 heavy (non-hydrogen) atoms. The molecule has 4 saturated carbocycles. The Morgan fingerprint density at radius 2 is 1.83 bits per heavy atom. The fourth-order valence-corrected chi connectivity index (χ4v) is 6.06. The fraction of sp³-hybridized carbons (Fsp3) is 0.619. The number of carbonyl (C=O) groups is 2. The minimum Gasteiger partial charge on any atom is -0.453 e. The van der Waals surface area contributed by atoms with Crippen LogP contribution in [0.5, 0.6) is 0 Å². The zero-order valence-electron chi connectivity index (χ0n) is 16.1. The highest BCUT2D eigenvalue weighted by Gasteiger charge is 2.57. The molecule has 0 spiro atoms. The standard InChI is InChI=1S/C21H24F3NO4/c1-11(19(27)25-15-3-2-14(22)17(23)18(15)24)29-16(26)9-20-5-12-4-13(6-20)8-21(28,7-12)10-20/h2-3,11-13,28H,4-10H2,1H3,(H,25,27)/t11-,12-,13+,20?,21?/m0/s1. The Kier molecular flexibility index (Phi) is 4.88. The maximum atomic E-state index is 13.7. The molecule has 158 valence electrons. The molecule has 2 unspecified atom stereocenters. The molecule has 5 atom stereocenters. The second-order valence-electron chi connectivity index (χ2n) is 9.21. The van der Waals surface area contributed by atoms with Crippen molar-refractivity contribution in [2.75, 3.05) is 5.32 Å². The quantitative estimate of drug-likeness (QED) is 0.572. The number of carbonyl (C=O) groups excluding carboxylic acids is 2. The molecule has 5 nitrogen and oxygen atoms in total. The third kappa shape index (κ3) is 3.86. The first kappa shape index (κ1) is 20.2. The number of benzene rings is 1. The molecule has 2 N–H and O–H groups in total. The highest BCUT2D eigenvalue weighted by molar-refractivity contribution is 5.95. The van der Waals surface area contributed by atoms with Gasteiger partial charge < -0.3 is 15.2 Å². The summed E-state index contributed by atoms with van der Waals surface area (Å²) in [5, 5.41) is 12.9. The zero-order valence-corrected chi connectivity index (χ0v) is 16.1. The van der Waals surface area contributed by atoms with Gasteiger partial charge in [-0.2, -0.15) is 0 Å². The number of halogens is 3. The van der Waals surface area contributed by atoms with Crippen LogP contribution in [0, 0.1) is 34.7 Å². The number of hydrogen-bond donors (Lipinski definition) is 2. The van der Waals surface area contributed by atoms with Gasteiger partial charge in [-0.3, -0.25) is 9.59 Å². The summed E-state index contributed by atoms with van der Waals surface area (Å²) >= 11 is 0. The van der Waals surface area contributed by atoms with Crippen LogP contribution in [-0.4, -0.2) is 28.7 Å². The molecule has 0 heterocycles. The van der Waals surface area contributed by atoms with Crippen molar-refractivity contribution in [1.82, 2.24) is 0 Å². The van der Waals surface area contributed by atoms with E-state index in [4.69, 9.17) is 4.74 Å². The van der Waals surface area contributed by atoms with Gasteiger partial charge in [0.1, 0.15) is 0 Å². The van der Waals surface area contributed by atoms with Gasteiger partial charge >= 0.3 is 5.97 Å². The van der Waals surface area contributed by atoms with Gasteiger partial charge in [-0.1, -0.05) is 0 Å². The normalized spacial score (nSPS) is 33.4. The molecule has 4 bridgehead atoms. The lowest BCUT2D eigenvalue weighted by molar-refractivity contribution is -0.179. The van der Waals surface area contributed by atoms with Crippen molar-refractivity contribution in [2.24, 2.45) is 17.3 Å². The zero-order chi connectivity index (χ0) is 21.0. The van der Waals surface area contributed by atoms with E-state index in [-0.39, 0.29) is 11.8 Å². The summed E-state index contributed by atoms with van der Waals surface area (Å²) in [5.41, 5.74) is -1.52. The molecule has 1 aromatic carbocycles. The maximum Gasteiger partial charge on any atom is 0.307 e. The molecule has 1 aromatic rings. The lowest BCUT2D eigenvalue weighted by Crippen LogP contribution is -2.56. The van der Waals surface area contributed by atoms with E-state index in [2.05, 4.69) is 5.32 Å². The summed E-state index contributed by atoms with van der Waals surface area (Å²) in [6.45, 7) is 1.33. The number of anilines is 1. The minimum absolute atomic E-state index is 0.124. The molecule has 4 fully saturated rings. The number of esters is 1. The molecule has 1 amide bonds. The van der Waals surface area contributed by atoms with Gasteiger partial charge in [0.2, 0.25) is 0 Å². The Morgan fingerprint density at radius 3 is 2.45 bits per heavy atom. The van der Waals surface area contributed by atoms with Crippen LogP contribution in [0.1, 0.15) is 51.9 Å². The summed E-state index contributed by atoms with van der Waals surface area (Å²) in [5.74, 6) is -5.11. The average Bonchev–Trinajstić information content (AvgIpc) is 2.59. The van der Waals surface area contributed by atoms with Crippen molar-refractivity contribution in [3.8, 4) is 0 Å². The Balaban J connectivity index is 1.36. The van der Waals surface area contributed by atoms with E-state index in [1.807, 2.05) is 0 Å². The van der Waals surface area contributed by atoms with Crippen LogP contribution in [0.25, 0.3) is 0 Å². The van der Waals surface area contributed by atoms with Gasteiger partial charge in [0.25, 0.3) is 5.91 Å². The van der Waals surface area contributed by atoms with Gasteiger partial charge in [-0.15, -0.1) is 0 Å². The Hall–Kier alpha value is -2.09. The number of hydrogen-bond acceptors (Lipinski definition) is 4. The number of ether oxygens (including phenoxy) is 1. The number of aliphatic hydroxyl groups is 1. The van der Waals surface area contributed by atoms with Gasteiger partial charge in [-0.25, -0.2) is 13.2 Å². The van der Waals surface area contributed by atoms with E-state index in [9.17, 15) is 27.9 Å². The van der Waals surface area contributed by atoms with Crippen molar-refractivity contribution in [3.63, 3.8) is 0 Å². The largest absolute Gasteiger partial charge is 0.453 e. The van der Waals surface area contributed by atoms with Crippen LogP contribution in [0.15, 0.2) is 12.1 Å². The molecule has 5 rings (SSSR count). The first-order valence-electron chi connectivity index (χ1n) is 9.94. The van der Waals surface area contributed by atoms with Gasteiger partial charge in [0, 0.05) is 0 Å². The topological polar surface area (TPSA) is 75.6 Å². The number of amides is 1. The first-order chi connectivity index (χ1) is 13.6. The predicted molar refractivity (Wildman–Crippen MR) is 97.2 cm³/mol. The second-order valence-corrected chi connectivity index (χ2v) is 9.21. The van der Waals surface area contributed by atoms with Crippen LogP contribution in [-0.2, 0) is 14.3 Å². The Morgan fingerprint density at radius 1 is 1.17 bits per heavy atom. The van der Waals surface area contributed by atoms with Crippen LogP contribution in [0.3, 0.4) is 0 Å². The molecule has 4 aliphatic carbocycles.